The topological polar surface area (TPSA) is 47.8 Å². The van der Waals surface area contributed by atoms with Gasteiger partial charge < -0.3 is 0 Å². The summed E-state index contributed by atoms with van der Waals surface area (Å²) in [6.07, 6.45) is 1.54. The Kier molecular flexibility index (Phi) is 3.36. The van der Waals surface area contributed by atoms with Crippen LogP contribution in [0.1, 0.15) is 16.4 Å². The van der Waals surface area contributed by atoms with E-state index >= 15 is 0 Å². The molecule has 0 saturated heterocycles. The molecule has 0 fully saturated rings. The summed E-state index contributed by atoms with van der Waals surface area (Å²) >= 11 is 7.16. The molecule has 0 aliphatic carbocycles. The van der Waals surface area contributed by atoms with Gasteiger partial charge in [0.25, 0.3) is 5.56 Å². The van der Waals surface area contributed by atoms with E-state index in [1.807, 2.05) is 5.38 Å². The molecule has 0 bridgehead atoms. The molecule has 2 rings (SSSR count). The largest absolute Gasteiger partial charge is 0.292 e. The van der Waals surface area contributed by atoms with Crippen molar-refractivity contribution in [2.24, 2.45) is 0 Å². The van der Waals surface area contributed by atoms with Gasteiger partial charge >= 0.3 is 0 Å². The Bertz CT molecular complexity index is 549. The lowest BCUT2D eigenvalue weighted by molar-refractivity contribution is 0.724. The van der Waals surface area contributed by atoms with E-state index in [-0.39, 0.29) is 5.56 Å². The fraction of sp³-hybridized carbons (Fsp3) is 0.300. The summed E-state index contributed by atoms with van der Waals surface area (Å²) in [6, 6.07) is 1.51. The Morgan fingerprint density at radius 3 is 3.00 bits per heavy atom. The Labute approximate surface area is 102 Å². The van der Waals surface area contributed by atoms with Gasteiger partial charge in [-0.1, -0.05) is 0 Å². The van der Waals surface area contributed by atoms with Gasteiger partial charge in [-0.05, 0) is 6.92 Å². The van der Waals surface area contributed by atoms with E-state index in [0.29, 0.717) is 12.4 Å². The van der Waals surface area contributed by atoms with E-state index in [1.165, 1.54) is 22.0 Å². The summed E-state index contributed by atoms with van der Waals surface area (Å²) in [6.45, 7) is 2.24. The van der Waals surface area contributed by atoms with Gasteiger partial charge in [-0.2, -0.15) is 0 Å². The molecule has 0 atom stereocenters. The average Bonchev–Trinajstić information content (AvgIpc) is 2.70. The fourth-order valence-corrected chi connectivity index (χ4v) is 2.28. The normalized spacial score (nSPS) is 10.6. The minimum Gasteiger partial charge on any atom is -0.292 e. The number of nitrogens with zero attached hydrogens (tertiary/aromatic N) is 3. The highest BCUT2D eigenvalue weighted by Gasteiger charge is 2.03. The maximum Gasteiger partial charge on any atom is 0.253 e. The molecule has 0 amide bonds. The first-order valence-corrected chi connectivity index (χ1v) is 6.13. The maximum absolute atomic E-state index is 11.6. The van der Waals surface area contributed by atoms with Crippen LogP contribution >= 0.6 is 22.9 Å². The predicted octanol–water partition coefficient (Wildman–Crippen LogP) is 1.80. The van der Waals surface area contributed by atoms with E-state index in [4.69, 9.17) is 11.6 Å². The zero-order valence-corrected chi connectivity index (χ0v) is 10.3. The van der Waals surface area contributed by atoms with E-state index in [1.54, 1.807) is 13.3 Å². The summed E-state index contributed by atoms with van der Waals surface area (Å²) in [7, 11) is 0. The van der Waals surface area contributed by atoms with Gasteiger partial charge in [0.15, 0.2) is 0 Å². The summed E-state index contributed by atoms with van der Waals surface area (Å²) in [5.41, 5.74) is 1.51. The van der Waals surface area contributed by atoms with Gasteiger partial charge in [-0.15, -0.1) is 22.9 Å². The molecule has 0 unspecified atom stereocenters. The van der Waals surface area contributed by atoms with Crippen LogP contribution in [0.15, 0.2) is 22.6 Å². The van der Waals surface area contributed by atoms with E-state index in [2.05, 4.69) is 9.97 Å². The van der Waals surface area contributed by atoms with Crippen molar-refractivity contribution >= 4 is 22.9 Å². The Hall–Kier alpha value is -1.20. The number of aromatic nitrogens is 3. The first-order chi connectivity index (χ1) is 7.69. The third kappa shape index (κ3) is 2.48. The number of halogens is 1. The summed E-state index contributed by atoms with van der Waals surface area (Å²) in [4.78, 5) is 20.0. The molecule has 2 aromatic heterocycles. The van der Waals surface area contributed by atoms with Crippen LogP contribution in [-0.4, -0.2) is 14.5 Å². The lowest BCUT2D eigenvalue weighted by Gasteiger charge is -2.01. The Balaban J connectivity index is 2.23. The van der Waals surface area contributed by atoms with Crippen molar-refractivity contribution in [1.82, 2.24) is 14.5 Å². The van der Waals surface area contributed by atoms with Crippen molar-refractivity contribution in [1.29, 1.82) is 0 Å². The number of thiazole rings is 1. The Morgan fingerprint density at radius 2 is 2.38 bits per heavy atom. The molecule has 16 heavy (non-hydrogen) atoms. The SMILES string of the molecule is Cc1cc(=O)n(Cc2nc(CCl)cs2)cn1. The molecule has 0 aromatic carbocycles. The Morgan fingerprint density at radius 1 is 1.56 bits per heavy atom. The number of hydrogen-bond donors (Lipinski definition) is 0. The summed E-state index contributed by atoms with van der Waals surface area (Å²) in [5, 5.41) is 2.76. The fourth-order valence-electron chi connectivity index (χ4n) is 1.26. The first kappa shape index (κ1) is 11.3. The molecular formula is C10H10ClN3OS. The third-order valence-electron chi connectivity index (χ3n) is 2.06. The molecule has 6 heteroatoms. The van der Waals surface area contributed by atoms with Crippen molar-refractivity contribution in [3.63, 3.8) is 0 Å². The van der Waals surface area contributed by atoms with Gasteiger partial charge in [0, 0.05) is 17.1 Å². The van der Waals surface area contributed by atoms with Gasteiger partial charge in [0.05, 0.1) is 24.4 Å². The van der Waals surface area contributed by atoms with Crippen LogP contribution in [0.25, 0.3) is 0 Å². The van der Waals surface area contributed by atoms with Crippen LogP contribution in [0.2, 0.25) is 0 Å². The van der Waals surface area contributed by atoms with E-state index < -0.39 is 0 Å². The quantitative estimate of drug-likeness (QED) is 0.786. The molecular weight excluding hydrogens is 246 g/mol. The molecule has 0 radical (unpaired) electrons. The minimum absolute atomic E-state index is 0.0601. The highest BCUT2D eigenvalue weighted by atomic mass is 35.5. The second-order valence-electron chi connectivity index (χ2n) is 3.36. The van der Waals surface area contributed by atoms with Crippen LogP contribution in [-0.2, 0) is 12.4 Å². The van der Waals surface area contributed by atoms with Crippen LogP contribution in [0, 0.1) is 6.92 Å². The van der Waals surface area contributed by atoms with Crippen LogP contribution in [0.5, 0.6) is 0 Å². The summed E-state index contributed by atoms with van der Waals surface area (Å²) < 4.78 is 1.53. The van der Waals surface area contributed by atoms with Gasteiger partial charge in [-0.3, -0.25) is 9.36 Å². The number of aryl methyl sites for hydroxylation is 1. The molecule has 0 spiro atoms. The number of rotatable bonds is 3. The zero-order valence-electron chi connectivity index (χ0n) is 8.68. The first-order valence-electron chi connectivity index (χ1n) is 4.71. The van der Waals surface area contributed by atoms with Crippen molar-refractivity contribution in [2.45, 2.75) is 19.3 Å². The van der Waals surface area contributed by atoms with Crippen LogP contribution in [0.4, 0.5) is 0 Å². The lowest BCUT2D eigenvalue weighted by atomic mass is 10.4. The number of hydrogen-bond acceptors (Lipinski definition) is 4. The third-order valence-corrected chi connectivity index (χ3v) is 3.21. The van der Waals surface area contributed by atoms with Crippen molar-refractivity contribution in [3.8, 4) is 0 Å². The molecule has 84 valence electrons. The monoisotopic (exact) mass is 255 g/mol. The van der Waals surface area contributed by atoms with Crippen LogP contribution < -0.4 is 5.56 Å². The maximum atomic E-state index is 11.6. The predicted molar refractivity (Wildman–Crippen MR) is 64.0 cm³/mol. The molecule has 0 aliphatic rings. The standard InChI is InChI=1S/C10H10ClN3OS/c1-7-2-10(15)14(6-12-7)4-9-13-8(3-11)5-16-9/h2,5-6H,3-4H2,1H3. The lowest BCUT2D eigenvalue weighted by Crippen LogP contribution is -2.20. The highest BCUT2D eigenvalue weighted by molar-refractivity contribution is 7.09. The van der Waals surface area contributed by atoms with Gasteiger partial charge in [0.1, 0.15) is 5.01 Å². The van der Waals surface area contributed by atoms with Crippen molar-refractivity contribution in [3.05, 3.63) is 44.5 Å². The second-order valence-corrected chi connectivity index (χ2v) is 4.57. The molecule has 2 aromatic rings. The van der Waals surface area contributed by atoms with Gasteiger partial charge in [0.2, 0.25) is 0 Å². The minimum atomic E-state index is -0.0601. The molecule has 0 saturated carbocycles. The van der Waals surface area contributed by atoms with Gasteiger partial charge in [-0.25, -0.2) is 9.97 Å². The molecule has 2 heterocycles. The number of alkyl halides is 1. The molecule has 0 N–H and O–H groups in total. The van der Waals surface area contributed by atoms with Crippen molar-refractivity contribution in [2.75, 3.05) is 0 Å². The second kappa shape index (κ2) is 4.76. The average molecular weight is 256 g/mol. The zero-order chi connectivity index (χ0) is 11.5. The molecule has 0 aliphatic heterocycles. The van der Waals surface area contributed by atoms with E-state index in [0.717, 1.165) is 16.4 Å². The summed E-state index contributed by atoms with van der Waals surface area (Å²) in [5.74, 6) is 0.400. The highest BCUT2D eigenvalue weighted by Crippen LogP contribution is 2.12. The van der Waals surface area contributed by atoms with E-state index in [9.17, 15) is 4.79 Å². The molecule has 4 nitrogen and oxygen atoms in total. The smallest absolute Gasteiger partial charge is 0.253 e. The van der Waals surface area contributed by atoms with Crippen molar-refractivity contribution < 1.29 is 0 Å². The van der Waals surface area contributed by atoms with Crippen LogP contribution in [0.3, 0.4) is 0 Å².